The van der Waals surface area contributed by atoms with Crippen molar-refractivity contribution in [2.45, 2.75) is 38.2 Å². The molecule has 1 amide bonds. The minimum atomic E-state index is -0.551. The van der Waals surface area contributed by atoms with Gasteiger partial charge in [-0.15, -0.1) is 0 Å². The van der Waals surface area contributed by atoms with E-state index in [1.54, 1.807) is 11.8 Å². The van der Waals surface area contributed by atoms with Crippen molar-refractivity contribution in [2.75, 3.05) is 0 Å². The molecular formula is C23H21BrN2O3S. The first-order chi connectivity index (χ1) is 14.5. The number of hydrogen-bond donors (Lipinski definition) is 0. The number of nitrogens with zero attached hydrogens (tertiary/aromatic N) is 2. The fraction of sp³-hybridized carbons (Fsp3) is 0.261. The maximum Gasteiger partial charge on any atom is 0.338 e. The molecule has 1 fully saturated rings. The summed E-state index contributed by atoms with van der Waals surface area (Å²) in [5.41, 5.74) is 2.75. The molecule has 0 aliphatic carbocycles. The van der Waals surface area contributed by atoms with Gasteiger partial charge in [-0.05, 0) is 36.6 Å². The third kappa shape index (κ3) is 3.96. The van der Waals surface area contributed by atoms with Gasteiger partial charge < -0.3 is 4.74 Å². The fourth-order valence-electron chi connectivity index (χ4n) is 3.61. The van der Waals surface area contributed by atoms with Crippen molar-refractivity contribution in [3.8, 4) is 0 Å². The molecule has 2 aromatic carbocycles. The van der Waals surface area contributed by atoms with E-state index in [9.17, 15) is 9.59 Å². The van der Waals surface area contributed by atoms with Gasteiger partial charge in [0.1, 0.15) is 6.61 Å². The third-order valence-corrected chi connectivity index (χ3v) is 6.99. The molecule has 0 aromatic heterocycles. The molecule has 4 rings (SSSR count). The Labute approximate surface area is 188 Å². The van der Waals surface area contributed by atoms with Crippen LogP contribution in [0.25, 0.3) is 0 Å². The molecule has 2 aliphatic heterocycles. The van der Waals surface area contributed by atoms with Crippen LogP contribution in [-0.4, -0.2) is 27.2 Å². The van der Waals surface area contributed by atoms with Crippen molar-refractivity contribution in [1.82, 2.24) is 4.90 Å². The van der Waals surface area contributed by atoms with E-state index >= 15 is 0 Å². The molecule has 0 radical (unpaired) electrons. The Hall–Kier alpha value is -2.38. The maximum absolute atomic E-state index is 13.2. The Balaban J connectivity index is 1.71. The standard InChI is InChI=1S/C23H21BrN2O3S/c1-3-18-21(27)26-20(16-9-11-17(24)12-10-16)19(14(2)25-23(26)30-18)22(28)29-13-15-7-5-4-6-8-15/h4-12,18,20H,3,13H2,1-2H3/t18-,20-/m1/s1. The topological polar surface area (TPSA) is 59.0 Å². The lowest BCUT2D eigenvalue weighted by Gasteiger charge is -2.33. The molecule has 2 atom stereocenters. The van der Waals surface area contributed by atoms with Crippen molar-refractivity contribution in [3.63, 3.8) is 0 Å². The first-order valence-electron chi connectivity index (χ1n) is 9.75. The average molecular weight is 485 g/mol. The molecule has 5 nitrogen and oxygen atoms in total. The first-order valence-corrected chi connectivity index (χ1v) is 11.4. The molecule has 2 aromatic rings. The van der Waals surface area contributed by atoms with Crippen LogP contribution < -0.4 is 0 Å². The molecule has 0 bridgehead atoms. The summed E-state index contributed by atoms with van der Waals surface area (Å²) in [6, 6.07) is 16.7. The van der Waals surface area contributed by atoms with Gasteiger partial charge in [0.25, 0.3) is 0 Å². The van der Waals surface area contributed by atoms with E-state index in [-0.39, 0.29) is 17.8 Å². The number of esters is 1. The lowest BCUT2D eigenvalue weighted by atomic mass is 9.94. The predicted octanol–water partition coefficient (Wildman–Crippen LogP) is 5.23. The number of allylic oxidation sites excluding steroid dienone is 1. The van der Waals surface area contributed by atoms with Crippen LogP contribution >= 0.6 is 27.7 Å². The SMILES string of the molecule is CC[C@H]1SC2=NC(C)=C(C(=O)OCc3ccccc3)[C@@H](c3ccc(Br)cc3)N2C1=O. The molecule has 0 saturated carbocycles. The van der Waals surface area contributed by atoms with Crippen LogP contribution in [-0.2, 0) is 20.9 Å². The van der Waals surface area contributed by atoms with Gasteiger partial charge in [0, 0.05) is 4.47 Å². The molecule has 1 saturated heterocycles. The molecule has 0 N–H and O–H groups in total. The summed E-state index contributed by atoms with van der Waals surface area (Å²) in [4.78, 5) is 32.6. The van der Waals surface area contributed by atoms with Crippen LogP contribution in [0.3, 0.4) is 0 Å². The molecule has 154 valence electrons. The highest BCUT2D eigenvalue weighted by molar-refractivity contribution is 9.10. The summed E-state index contributed by atoms with van der Waals surface area (Å²) >= 11 is 4.92. The van der Waals surface area contributed by atoms with Crippen molar-refractivity contribution in [3.05, 3.63) is 81.5 Å². The van der Waals surface area contributed by atoms with Crippen LogP contribution in [0.1, 0.15) is 37.4 Å². The molecular weight excluding hydrogens is 464 g/mol. The Kier molecular flexibility index (Phi) is 6.11. The van der Waals surface area contributed by atoms with Crippen LogP contribution in [0.5, 0.6) is 0 Å². The van der Waals surface area contributed by atoms with E-state index in [2.05, 4.69) is 20.9 Å². The highest BCUT2D eigenvalue weighted by Crippen LogP contribution is 2.44. The van der Waals surface area contributed by atoms with Gasteiger partial charge in [0.05, 0.1) is 22.6 Å². The van der Waals surface area contributed by atoms with Crippen LogP contribution in [0.15, 0.2) is 75.3 Å². The Morgan fingerprint density at radius 3 is 2.53 bits per heavy atom. The minimum absolute atomic E-state index is 0.0185. The number of fused-ring (bicyclic) bond motifs is 1. The average Bonchev–Trinajstić information content (AvgIpc) is 3.07. The number of halogens is 1. The zero-order valence-electron chi connectivity index (χ0n) is 16.7. The van der Waals surface area contributed by atoms with Crippen LogP contribution in [0.2, 0.25) is 0 Å². The Morgan fingerprint density at radius 2 is 1.87 bits per heavy atom. The van der Waals surface area contributed by atoms with Crippen LogP contribution in [0.4, 0.5) is 0 Å². The van der Waals surface area contributed by atoms with Gasteiger partial charge in [-0.1, -0.05) is 77.1 Å². The number of thioether (sulfide) groups is 1. The van der Waals surface area contributed by atoms with Crippen molar-refractivity contribution < 1.29 is 14.3 Å². The zero-order valence-corrected chi connectivity index (χ0v) is 19.1. The maximum atomic E-state index is 13.2. The number of amides is 1. The fourth-order valence-corrected chi connectivity index (χ4v) is 5.01. The predicted molar refractivity (Wildman–Crippen MR) is 122 cm³/mol. The Bertz CT molecular complexity index is 1030. The number of ether oxygens (including phenoxy) is 1. The summed E-state index contributed by atoms with van der Waals surface area (Å²) < 4.78 is 6.56. The lowest BCUT2D eigenvalue weighted by molar-refractivity contribution is -0.141. The van der Waals surface area contributed by atoms with E-state index in [1.165, 1.54) is 11.8 Å². The molecule has 2 heterocycles. The van der Waals surface area contributed by atoms with E-state index in [4.69, 9.17) is 4.74 Å². The number of rotatable bonds is 5. The third-order valence-electron chi connectivity index (χ3n) is 5.14. The monoisotopic (exact) mass is 484 g/mol. The van der Waals surface area contributed by atoms with Crippen molar-refractivity contribution in [2.24, 2.45) is 4.99 Å². The van der Waals surface area contributed by atoms with E-state index < -0.39 is 12.0 Å². The minimum Gasteiger partial charge on any atom is -0.457 e. The van der Waals surface area contributed by atoms with Crippen molar-refractivity contribution >= 4 is 44.7 Å². The molecule has 30 heavy (non-hydrogen) atoms. The second-order valence-corrected chi connectivity index (χ2v) is 9.22. The summed E-state index contributed by atoms with van der Waals surface area (Å²) in [5, 5.41) is 0.464. The second-order valence-electron chi connectivity index (χ2n) is 7.13. The highest BCUT2D eigenvalue weighted by Gasteiger charge is 2.47. The quantitative estimate of drug-likeness (QED) is 0.545. The molecule has 0 spiro atoms. The van der Waals surface area contributed by atoms with Gasteiger partial charge >= 0.3 is 5.97 Å². The summed E-state index contributed by atoms with van der Waals surface area (Å²) in [5.74, 6) is -0.472. The van der Waals surface area contributed by atoms with Gasteiger partial charge in [0.15, 0.2) is 5.17 Å². The second kappa shape index (κ2) is 8.78. The Morgan fingerprint density at radius 1 is 1.17 bits per heavy atom. The summed E-state index contributed by atoms with van der Waals surface area (Å²) in [7, 11) is 0. The van der Waals surface area contributed by atoms with Gasteiger partial charge in [0.2, 0.25) is 5.91 Å². The lowest BCUT2D eigenvalue weighted by Crippen LogP contribution is -2.40. The summed E-state index contributed by atoms with van der Waals surface area (Å²) in [6.45, 7) is 3.96. The number of aliphatic imine (C=N–C) groups is 1. The van der Waals surface area contributed by atoms with E-state index in [1.807, 2.05) is 61.5 Å². The van der Waals surface area contributed by atoms with Crippen LogP contribution in [0, 0.1) is 0 Å². The highest BCUT2D eigenvalue weighted by atomic mass is 79.9. The van der Waals surface area contributed by atoms with Crippen molar-refractivity contribution in [1.29, 1.82) is 0 Å². The van der Waals surface area contributed by atoms with E-state index in [0.29, 0.717) is 22.9 Å². The molecule has 0 unspecified atom stereocenters. The zero-order chi connectivity index (χ0) is 21.3. The number of carbonyl (C=O) groups is 2. The number of benzene rings is 2. The smallest absolute Gasteiger partial charge is 0.338 e. The molecule has 7 heteroatoms. The number of hydrogen-bond acceptors (Lipinski definition) is 5. The van der Waals surface area contributed by atoms with E-state index in [0.717, 1.165) is 15.6 Å². The number of carbonyl (C=O) groups excluding carboxylic acids is 2. The molecule has 2 aliphatic rings. The van der Waals surface area contributed by atoms with Gasteiger partial charge in [-0.25, -0.2) is 9.79 Å². The first kappa shape index (κ1) is 20.9. The largest absolute Gasteiger partial charge is 0.457 e. The normalized spacial score (nSPS) is 20.8. The van der Waals surface area contributed by atoms with Gasteiger partial charge in [-0.3, -0.25) is 9.69 Å². The summed E-state index contributed by atoms with van der Waals surface area (Å²) in [6.07, 6.45) is 0.707. The van der Waals surface area contributed by atoms with Gasteiger partial charge in [-0.2, -0.15) is 0 Å². The number of amidine groups is 1.